The fraction of sp³-hybridized carbons (Fsp3) is 0.278. The third-order valence-corrected chi connectivity index (χ3v) is 5.38. The molecular weight excluding hydrogens is 356 g/mol. The summed E-state index contributed by atoms with van der Waals surface area (Å²) in [6, 6.07) is 9.68. The second-order valence-electron chi connectivity index (χ2n) is 6.06. The monoisotopic (exact) mass is 376 g/mol. The summed E-state index contributed by atoms with van der Waals surface area (Å²) in [6.45, 7) is 2.16. The Morgan fingerprint density at radius 2 is 2.08 bits per heavy atom. The van der Waals surface area contributed by atoms with Gasteiger partial charge >= 0.3 is 0 Å². The molecule has 0 fully saturated rings. The molecule has 0 aromatic heterocycles. The number of benzene rings is 2. The van der Waals surface area contributed by atoms with Crippen LogP contribution in [0.25, 0.3) is 0 Å². The average molecular weight is 376 g/mol. The number of ether oxygens (including phenoxy) is 2. The van der Waals surface area contributed by atoms with E-state index in [4.69, 9.17) is 15.2 Å². The topological polar surface area (TPSA) is 108 Å². The van der Waals surface area contributed by atoms with Gasteiger partial charge in [0, 0.05) is 0 Å². The third-order valence-electron chi connectivity index (χ3n) is 4.01. The predicted octanol–water partition coefficient (Wildman–Crippen LogP) is 1.98. The van der Waals surface area contributed by atoms with Gasteiger partial charge in [0.15, 0.2) is 6.61 Å². The van der Waals surface area contributed by atoms with Crippen LogP contribution in [0.4, 0.5) is 5.69 Å². The minimum absolute atomic E-state index is 0.190. The highest BCUT2D eigenvalue weighted by Gasteiger charge is 2.19. The number of sulfonamides is 1. The van der Waals surface area contributed by atoms with Crippen molar-refractivity contribution in [1.82, 2.24) is 0 Å². The zero-order valence-corrected chi connectivity index (χ0v) is 15.1. The molecule has 0 saturated heterocycles. The molecule has 1 aliphatic rings. The van der Waals surface area contributed by atoms with Crippen molar-refractivity contribution in [3.05, 3.63) is 47.5 Å². The first-order valence-electron chi connectivity index (χ1n) is 8.15. The van der Waals surface area contributed by atoms with E-state index < -0.39 is 15.9 Å². The first-order chi connectivity index (χ1) is 12.3. The lowest BCUT2D eigenvalue weighted by molar-refractivity contribution is -0.119. The molecule has 3 rings (SSSR count). The van der Waals surface area contributed by atoms with Gasteiger partial charge in [-0.15, -0.1) is 0 Å². The molecule has 138 valence electrons. The molecule has 0 bridgehead atoms. The standard InChI is InChI=1S/C18H20N2O5S/c1-12-9-14(25-11-18(19)21)4-6-16(12)20-26(22,23)15-5-7-17-13(10-15)3-2-8-24-17/h4-7,9-10,20H,2-3,8,11H2,1H3,(H2,19,21). The van der Waals surface area contributed by atoms with Gasteiger partial charge in [-0.25, -0.2) is 8.42 Å². The van der Waals surface area contributed by atoms with Crippen LogP contribution in [0.15, 0.2) is 41.3 Å². The Morgan fingerprint density at radius 1 is 1.27 bits per heavy atom. The highest BCUT2D eigenvalue weighted by molar-refractivity contribution is 7.92. The van der Waals surface area contributed by atoms with Crippen molar-refractivity contribution in [3.8, 4) is 11.5 Å². The molecular formula is C18H20N2O5S. The summed E-state index contributed by atoms with van der Waals surface area (Å²) in [5, 5.41) is 0. The Balaban J connectivity index is 1.80. The van der Waals surface area contributed by atoms with Crippen LogP contribution in [0.1, 0.15) is 17.5 Å². The molecule has 0 saturated carbocycles. The molecule has 1 heterocycles. The van der Waals surface area contributed by atoms with Crippen molar-refractivity contribution in [1.29, 1.82) is 0 Å². The van der Waals surface area contributed by atoms with Gasteiger partial charge in [0.25, 0.3) is 15.9 Å². The number of aryl methyl sites for hydroxylation is 2. The van der Waals surface area contributed by atoms with E-state index in [1.165, 1.54) is 6.07 Å². The number of anilines is 1. The van der Waals surface area contributed by atoms with Crippen molar-refractivity contribution in [2.45, 2.75) is 24.7 Å². The number of rotatable bonds is 6. The van der Waals surface area contributed by atoms with Crippen molar-refractivity contribution >= 4 is 21.6 Å². The van der Waals surface area contributed by atoms with E-state index in [1.54, 1.807) is 37.3 Å². The SMILES string of the molecule is Cc1cc(OCC(N)=O)ccc1NS(=O)(=O)c1ccc2c(c1)CCCO2. The van der Waals surface area contributed by atoms with Crippen LogP contribution in [-0.4, -0.2) is 27.5 Å². The Kier molecular flexibility index (Phi) is 5.03. The van der Waals surface area contributed by atoms with E-state index >= 15 is 0 Å². The third kappa shape index (κ3) is 4.08. The van der Waals surface area contributed by atoms with Crippen molar-refractivity contribution in [2.24, 2.45) is 5.73 Å². The molecule has 3 N–H and O–H groups in total. The Morgan fingerprint density at radius 3 is 2.81 bits per heavy atom. The van der Waals surface area contributed by atoms with Gasteiger partial charge in [-0.2, -0.15) is 0 Å². The number of amides is 1. The number of nitrogens with two attached hydrogens (primary N) is 1. The van der Waals surface area contributed by atoms with Gasteiger partial charge in [-0.1, -0.05) is 0 Å². The van der Waals surface area contributed by atoms with Crippen LogP contribution in [-0.2, 0) is 21.2 Å². The first kappa shape index (κ1) is 18.1. The van der Waals surface area contributed by atoms with Gasteiger partial charge < -0.3 is 15.2 Å². The average Bonchev–Trinajstić information content (AvgIpc) is 2.61. The molecule has 0 radical (unpaired) electrons. The minimum atomic E-state index is -3.73. The number of hydrogen-bond acceptors (Lipinski definition) is 5. The highest BCUT2D eigenvalue weighted by Crippen LogP contribution is 2.29. The number of carbonyl (C=O) groups excluding carboxylic acids is 1. The quantitative estimate of drug-likeness (QED) is 0.801. The van der Waals surface area contributed by atoms with E-state index in [9.17, 15) is 13.2 Å². The van der Waals surface area contributed by atoms with Gasteiger partial charge in [0.1, 0.15) is 11.5 Å². The van der Waals surface area contributed by atoms with Crippen LogP contribution in [0.5, 0.6) is 11.5 Å². The maximum atomic E-state index is 12.7. The lowest BCUT2D eigenvalue weighted by Gasteiger charge is -2.18. The lowest BCUT2D eigenvalue weighted by atomic mass is 10.1. The molecule has 1 aliphatic heterocycles. The predicted molar refractivity (Wildman–Crippen MR) is 96.9 cm³/mol. The van der Waals surface area contributed by atoms with Gasteiger partial charge in [-0.05, 0) is 67.3 Å². The van der Waals surface area contributed by atoms with E-state index in [1.807, 2.05) is 0 Å². The van der Waals surface area contributed by atoms with Gasteiger partial charge in [-0.3, -0.25) is 9.52 Å². The molecule has 0 spiro atoms. The maximum Gasteiger partial charge on any atom is 0.261 e. The maximum absolute atomic E-state index is 12.7. The van der Waals surface area contributed by atoms with Crippen LogP contribution in [0.3, 0.4) is 0 Å². The first-order valence-corrected chi connectivity index (χ1v) is 9.64. The van der Waals surface area contributed by atoms with Crippen LogP contribution in [0.2, 0.25) is 0 Å². The van der Waals surface area contributed by atoms with Crippen molar-refractivity contribution < 1.29 is 22.7 Å². The summed E-state index contributed by atoms with van der Waals surface area (Å²) in [5.74, 6) is 0.598. The largest absolute Gasteiger partial charge is 0.493 e. The number of fused-ring (bicyclic) bond motifs is 1. The second-order valence-corrected chi connectivity index (χ2v) is 7.74. The molecule has 0 aliphatic carbocycles. The molecule has 0 unspecified atom stereocenters. The molecule has 7 nitrogen and oxygen atoms in total. The summed E-state index contributed by atoms with van der Waals surface area (Å²) < 4.78 is 38.7. The zero-order valence-electron chi connectivity index (χ0n) is 14.3. The minimum Gasteiger partial charge on any atom is -0.493 e. The van der Waals surface area contributed by atoms with Crippen LogP contribution >= 0.6 is 0 Å². The van der Waals surface area contributed by atoms with Crippen molar-refractivity contribution in [3.63, 3.8) is 0 Å². The smallest absolute Gasteiger partial charge is 0.261 e. The number of carbonyl (C=O) groups is 1. The fourth-order valence-electron chi connectivity index (χ4n) is 2.70. The molecule has 1 amide bonds. The Hall–Kier alpha value is -2.74. The molecule has 2 aromatic carbocycles. The highest BCUT2D eigenvalue weighted by atomic mass is 32.2. The van der Waals surface area contributed by atoms with Crippen LogP contribution in [0, 0.1) is 6.92 Å². The number of hydrogen-bond donors (Lipinski definition) is 2. The summed E-state index contributed by atoms with van der Waals surface area (Å²) >= 11 is 0. The summed E-state index contributed by atoms with van der Waals surface area (Å²) in [4.78, 5) is 11.0. The van der Waals surface area contributed by atoms with Gasteiger partial charge in [0.2, 0.25) is 0 Å². The van der Waals surface area contributed by atoms with Crippen molar-refractivity contribution in [2.75, 3.05) is 17.9 Å². The van der Waals surface area contributed by atoms with E-state index in [0.717, 1.165) is 24.2 Å². The number of nitrogens with one attached hydrogen (secondary N) is 1. The fourth-order valence-corrected chi connectivity index (χ4v) is 3.88. The summed E-state index contributed by atoms with van der Waals surface area (Å²) in [6.07, 6.45) is 1.67. The van der Waals surface area contributed by atoms with E-state index in [0.29, 0.717) is 23.6 Å². The van der Waals surface area contributed by atoms with Gasteiger partial charge in [0.05, 0.1) is 17.2 Å². The number of primary amides is 1. The lowest BCUT2D eigenvalue weighted by Crippen LogP contribution is -2.20. The zero-order chi connectivity index (χ0) is 18.7. The molecule has 26 heavy (non-hydrogen) atoms. The second kappa shape index (κ2) is 7.25. The summed E-state index contributed by atoms with van der Waals surface area (Å²) in [5.41, 5.74) is 7.03. The van der Waals surface area contributed by atoms with E-state index in [-0.39, 0.29) is 11.5 Å². The molecule has 0 atom stereocenters. The van der Waals surface area contributed by atoms with E-state index in [2.05, 4.69) is 4.72 Å². The van der Waals surface area contributed by atoms with Crippen LogP contribution < -0.4 is 19.9 Å². The summed E-state index contributed by atoms with van der Waals surface area (Å²) in [7, 11) is -3.73. The molecule has 8 heteroatoms. The Labute approximate surface area is 152 Å². The normalized spacial score (nSPS) is 13.4. The molecule has 2 aromatic rings. The Bertz CT molecular complexity index is 941.